The summed E-state index contributed by atoms with van der Waals surface area (Å²) < 4.78 is 61.0. The van der Waals surface area contributed by atoms with E-state index in [2.05, 4.69) is 0 Å². The predicted molar refractivity (Wildman–Crippen MR) is 36.4 cm³/mol. The van der Waals surface area contributed by atoms with Crippen LogP contribution in [0.25, 0.3) is 0 Å². The Bertz CT molecular complexity index is 330. The van der Waals surface area contributed by atoms with Crippen molar-refractivity contribution in [3.8, 4) is 0 Å². The van der Waals surface area contributed by atoms with Crippen LogP contribution < -0.4 is 0 Å². The van der Waals surface area contributed by atoms with Crippen molar-refractivity contribution in [3.63, 3.8) is 0 Å². The Hall–Kier alpha value is -0.840. The average molecular weight is 217 g/mol. The summed E-state index contributed by atoms with van der Waals surface area (Å²) in [6, 6.07) is 0.914. The van der Waals surface area contributed by atoms with Gasteiger partial charge in [0.1, 0.15) is 17.2 Å². The van der Waals surface area contributed by atoms with Crippen LogP contribution in [0.2, 0.25) is 5.02 Å². The monoisotopic (exact) mass is 216 g/mol. The van der Waals surface area contributed by atoms with Gasteiger partial charge in [0.2, 0.25) is 0 Å². The quantitative estimate of drug-likeness (QED) is 0.459. The van der Waals surface area contributed by atoms with E-state index >= 15 is 0 Å². The van der Waals surface area contributed by atoms with Gasteiger partial charge in [0.25, 0.3) is 0 Å². The third kappa shape index (κ3) is 1.91. The molecule has 0 aromatic heterocycles. The molecule has 0 aliphatic heterocycles. The topological polar surface area (TPSA) is 0 Å². The summed E-state index contributed by atoms with van der Waals surface area (Å²) in [5.74, 6) is -2.88. The fourth-order valence-electron chi connectivity index (χ4n) is 0.787. The Morgan fingerprint density at radius 1 is 1.00 bits per heavy atom. The highest BCUT2D eigenvalue weighted by atomic mass is 35.5. The zero-order valence-electron chi connectivity index (χ0n) is 5.92. The maximum Gasteiger partial charge on any atom is 0.420 e. The van der Waals surface area contributed by atoms with Crippen LogP contribution >= 0.6 is 11.6 Å². The molecule has 1 aromatic carbocycles. The van der Waals surface area contributed by atoms with E-state index in [1.54, 1.807) is 0 Å². The van der Waals surface area contributed by atoms with Gasteiger partial charge in [-0.1, -0.05) is 11.6 Å². The van der Waals surface area contributed by atoms with E-state index in [1.807, 2.05) is 0 Å². The van der Waals surface area contributed by atoms with Crippen LogP contribution in [0.1, 0.15) is 5.56 Å². The van der Waals surface area contributed by atoms with Crippen LogP contribution in [0.5, 0.6) is 0 Å². The summed E-state index contributed by atoms with van der Waals surface area (Å²) in [7, 11) is 0. The molecular weight excluding hydrogens is 215 g/mol. The molecule has 0 nitrogen and oxygen atoms in total. The smallest absolute Gasteiger partial charge is 0.206 e. The number of hydrogen-bond donors (Lipinski definition) is 0. The minimum atomic E-state index is -4.98. The SMILES string of the molecule is Fc1ccc(F)c(C(F)(F)F)c1Cl. The highest BCUT2D eigenvalue weighted by molar-refractivity contribution is 6.31. The number of hydrogen-bond acceptors (Lipinski definition) is 0. The lowest BCUT2D eigenvalue weighted by molar-refractivity contribution is -0.140. The normalized spacial score (nSPS) is 11.8. The van der Waals surface area contributed by atoms with Gasteiger partial charge in [0.05, 0.1) is 5.02 Å². The molecule has 0 spiro atoms. The van der Waals surface area contributed by atoms with E-state index < -0.39 is 28.4 Å². The lowest BCUT2D eigenvalue weighted by atomic mass is 10.2. The van der Waals surface area contributed by atoms with Gasteiger partial charge in [-0.25, -0.2) is 8.78 Å². The summed E-state index contributed by atoms with van der Waals surface area (Å²) in [5, 5.41) is -1.24. The molecule has 0 atom stereocenters. The zero-order valence-corrected chi connectivity index (χ0v) is 6.68. The molecule has 0 fully saturated rings. The first kappa shape index (κ1) is 10.2. The Kier molecular flexibility index (Phi) is 2.47. The van der Waals surface area contributed by atoms with Gasteiger partial charge >= 0.3 is 6.18 Å². The van der Waals surface area contributed by atoms with Crippen molar-refractivity contribution in [2.45, 2.75) is 6.18 Å². The molecule has 0 unspecified atom stereocenters. The van der Waals surface area contributed by atoms with Gasteiger partial charge in [-0.3, -0.25) is 0 Å². The molecule has 0 bridgehead atoms. The van der Waals surface area contributed by atoms with E-state index in [-0.39, 0.29) is 0 Å². The number of rotatable bonds is 0. The standard InChI is InChI=1S/C7H2ClF5/c8-6-4(10)2-1-3(9)5(6)7(11,12)13/h1-2H. The van der Waals surface area contributed by atoms with Gasteiger partial charge in [-0.2, -0.15) is 13.2 Å². The fourth-order valence-corrected chi connectivity index (χ4v) is 1.05. The van der Waals surface area contributed by atoms with Gasteiger partial charge in [-0.15, -0.1) is 0 Å². The van der Waals surface area contributed by atoms with Crippen LogP contribution in [-0.2, 0) is 6.18 Å². The molecule has 0 aliphatic rings. The number of halogens is 6. The third-order valence-electron chi connectivity index (χ3n) is 1.33. The van der Waals surface area contributed by atoms with Crippen LogP contribution in [0.15, 0.2) is 12.1 Å². The highest BCUT2D eigenvalue weighted by Gasteiger charge is 2.37. The Balaban J connectivity index is 3.43. The van der Waals surface area contributed by atoms with Crippen molar-refractivity contribution in [1.82, 2.24) is 0 Å². The molecular formula is C7H2ClF5. The first-order valence-electron chi connectivity index (χ1n) is 3.04. The van der Waals surface area contributed by atoms with E-state index in [0.29, 0.717) is 12.1 Å². The maximum atomic E-state index is 12.6. The second kappa shape index (κ2) is 3.14. The minimum absolute atomic E-state index is 0.379. The van der Waals surface area contributed by atoms with Crippen molar-refractivity contribution in [3.05, 3.63) is 34.4 Å². The fraction of sp³-hybridized carbons (Fsp3) is 0.143. The molecule has 1 aromatic rings. The second-order valence-corrected chi connectivity index (χ2v) is 2.59. The molecule has 0 heterocycles. The third-order valence-corrected chi connectivity index (χ3v) is 1.70. The van der Waals surface area contributed by atoms with Gasteiger partial charge < -0.3 is 0 Å². The molecule has 0 aliphatic carbocycles. The van der Waals surface area contributed by atoms with E-state index in [0.717, 1.165) is 0 Å². The van der Waals surface area contributed by atoms with Crippen molar-refractivity contribution < 1.29 is 22.0 Å². The average Bonchev–Trinajstić information content (AvgIpc) is 1.95. The number of benzene rings is 1. The molecule has 0 N–H and O–H groups in total. The molecule has 72 valence electrons. The number of alkyl halides is 3. The summed E-state index contributed by atoms with van der Waals surface area (Å²) in [6.07, 6.45) is -4.98. The molecule has 0 saturated heterocycles. The minimum Gasteiger partial charge on any atom is -0.206 e. The van der Waals surface area contributed by atoms with E-state index in [1.165, 1.54) is 0 Å². The second-order valence-electron chi connectivity index (χ2n) is 2.22. The van der Waals surface area contributed by atoms with Crippen molar-refractivity contribution >= 4 is 11.6 Å². The Morgan fingerprint density at radius 2 is 1.46 bits per heavy atom. The molecule has 6 heteroatoms. The first-order valence-corrected chi connectivity index (χ1v) is 3.42. The molecule has 1 rings (SSSR count). The van der Waals surface area contributed by atoms with Crippen LogP contribution in [0.4, 0.5) is 22.0 Å². The van der Waals surface area contributed by atoms with Crippen molar-refractivity contribution in [1.29, 1.82) is 0 Å². The largest absolute Gasteiger partial charge is 0.420 e. The predicted octanol–water partition coefficient (Wildman–Crippen LogP) is 3.64. The molecule has 13 heavy (non-hydrogen) atoms. The Morgan fingerprint density at radius 3 is 1.85 bits per heavy atom. The molecule has 0 amide bonds. The van der Waals surface area contributed by atoms with E-state index in [4.69, 9.17) is 11.6 Å². The van der Waals surface area contributed by atoms with Crippen molar-refractivity contribution in [2.75, 3.05) is 0 Å². The van der Waals surface area contributed by atoms with Gasteiger partial charge in [0.15, 0.2) is 0 Å². The summed E-state index contributed by atoms with van der Waals surface area (Å²) >= 11 is 4.95. The maximum absolute atomic E-state index is 12.6. The van der Waals surface area contributed by atoms with Crippen LogP contribution in [0.3, 0.4) is 0 Å². The summed E-state index contributed by atoms with van der Waals surface area (Å²) in [4.78, 5) is 0. The summed E-state index contributed by atoms with van der Waals surface area (Å²) in [6.45, 7) is 0. The molecule has 0 radical (unpaired) electrons. The van der Waals surface area contributed by atoms with Gasteiger partial charge in [-0.05, 0) is 12.1 Å². The first-order chi connectivity index (χ1) is 5.84. The van der Waals surface area contributed by atoms with Crippen molar-refractivity contribution in [2.24, 2.45) is 0 Å². The summed E-state index contributed by atoms with van der Waals surface area (Å²) in [5.41, 5.74) is -1.77. The highest BCUT2D eigenvalue weighted by Crippen LogP contribution is 2.37. The van der Waals surface area contributed by atoms with Crippen LogP contribution in [-0.4, -0.2) is 0 Å². The zero-order chi connectivity index (χ0) is 10.2. The van der Waals surface area contributed by atoms with E-state index in [9.17, 15) is 22.0 Å². The lowest BCUT2D eigenvalue weighted by Gasteiger charge is -2.09. The molecule has 0 saturated carbocycles. The van der Waals surface area contributed by atoms with Gasteiger partial charge in [0, 0.05) is 0 Å². The Labute approximate surface area is 74.9 Å². The van der Waals surface area contributed by atoms with Crippen LogP contribution in [0, 0.1) is 11.6 Å². The lowest BCUT2D eigenvalue weighted by Crippen LogP contribution is -2.09.